The highest BCUT2D eigenvalue weighted by atomic mass is 15.4. The predicted octanol–water partition coefficient (Wildman–Crippen LogP) is 1.92. The molecule has 1 saturated heterocycles. The van der Waals surface area contributed by atoms with Crippen molar-refractivity contribution in [2.24, 2.45) is 12.0 Å². The number of benzene rings is 1. The second-order valence-electron chi connectivity index (χ2n) is 6.99. The average molecular weight is 382 g/mol. The van der Waals surface area contributed by atoms with Crippen molar-refractivity contribution in [3.05, 3.63) is 53.6 Å². The number of aliphatic imine (C=N–C) groups is 1. The van der Waals surface area contributed by atoms with E-state index in [1.54, 1.807) is 0 Å². The molecule has 0 amide bonds. The van der Waals surface area contributed by atoms with Gasteiger partial charge >= 0.3 is 0 Å². The second-order valence-corrected chi connectivity index (χ2v) is 6.99. The van der Waals surface area contributed by atoms with Crippen molar-refractivity contribution in [1.82, 2.24) is 29.9 Å². The number of guanidine groups is 1. The highest BCUT2D eigenvalue weighted by Gasteiger charge is 2.19. The maximum absolute atomic E-state index is 4.78. The number of nitrogens with one attached hydrogen (secondary N) is 1. The number of aryl methyl sites for hydroxylation is 1. The highest BCUT2D eigenvalue weighted by molar-refractivity contribution is 5.80. The summed E-state index contributed by atoms with van der Waals surface area (Å²) in [6, 6.07) is 10.5. The topological polar surface area (TPSA) is 61.6 Å². The largest absolute Gasteiger partial charge is 0.357 e. The van der Waals surface area contributed by atoms with E-state index >= 15 is 0 Å². The van der Waals surface area contributed by atoms with Gasteiger partial charge in [-0.3, -0.25) is 4.90 Å². The number of nitrogens with zero attached hydrogens (tertiary/aromatic N) is 6. The molecule has 1 aliphatic rings. The molecule has 0 saturated carbocycles. The number of rotatable bonds is 6. The summed E-state index contributed by atoms with van der Waals surface area (Å²) in [5.41, 5.74) is 1.25. The SMILES string of the molecule is CCNC(=NCc1nnc(C)n1C)N1CCN(C/C=C/c2ccccc2)CC1. The van der Waals surface area contributed by atoms with Crippen molar-refractivity contribution in [2.45, 2.75) is 20.4 Å². The van der Waals surface area contributed by atoms with Gasteiger partial charge in [0, 0.05) is 46.3 Å². The zero-order valence-corrected chi connectivity index (χ0v) is 17.2. The molecular weight excluding hydrogens is 350 g/mol. The van der Waals surface area contributed by atoms with E-state index < -0.39 is 0 Å². The van der Waals surface area contributed by atoms with Crippen LogP contribution in [0.4, 0.5) is 0 Å². The first kappa shape index (κ1) is 20.1. The van der Waals surface area contributed by atoms with Gasteiger partial charge in [0.1, 0.15) is 12.4 Å². The fourth-order valence-electron chi connectivity index (χ4n) is 3.20. The Kier molecular flexibility index (Phi) is 7.19. The Balaban J connectivity index is 1.51. The van der Waals surface area contributed by atoms with Gasteiger partial charge in [0.05, 0.1) is 0 Å². The van der Waals surface area contributed by atoms with Crippen molar-refractivity contribution >= 4 is 12.0 Å². The molecule has 1 aromatic heterocycles. The first-order chi connectivity index (χ1) is 13.7. The molecule has 0 aliphatic carbocycles. The van der Waals surface area contributed by atoms with Crippen LogP contribution in [0.25, 0.3) is 6.08 Å². The van der Waals surface area contributed by atoms with Crippen molar-refractivity contribution in [3.8, 4) is 0 Å². The van der Waals surface area contributed by atoms with Gasteiger partial charge in [-0.05, 0) is 19.4 Å². The molecule has 7 heteroatoms. The lowest BCUT2D eigenvalue weighted by Gasteiger charge is -2.36. The molecule has 2 aromatic rings. The summed E-state index contributed by atoms with van der Waals surface area (Å²) >= 11 is 0. The molecule has 2 heterocycles. The fourth-order valence-corrected chi connectivity index (χ4v) is 3.20. The van der Waals surface area contributed by atoms with Crippen LogP contribution in [0.2, 0.25) is 0 Å². The molecule has 1 N–H and O–H groups in total. The Labute approximate surface area is 167 Å². The summed E-state index contributed by atoms with van der Waals surface area (Å²) in [7, 11) is 1.98. The molecule has 0 radical (unpaired) electrons. The average Bonchev–Trinajstić information content (AvgIpc) is 3.05. The van der Waals surface area contributed by atoms with E-state index in [0.717, 1.165) is 56.9 Å². The van der Waals surface area contributed by atoms with Gasteiger partial charge in [-0.15, -0.1) is 10.2 Å². The van der Waals surface area contributed by atoms with Gasteiger partial charge in [-0.1, -0.05) is 42.5 Å². The van der Waals surface area contributed by atoms with Gasteiger partial charge in [0.15, 0.2) is 11.8 Å². The first-order valence-corrected chi connectivity index (χ1v) is 9.99. The van der Waals surface area contributed by atoms with Crippen LogP contribution in [0.1, 0.15) is 24.1 Å². The monoisotopic (exact) mass is 381 g/mol. The zero-order chi connectivity index (χ0) is 19.8. The van der Waals surface area contributed by atoms with E-state index in [1.165, 1.54) is 5.56 Å². The van der Waals surface area contributed by atoms with Crippen molar-refractivity contribution in [2.75, 3.05) is 39.3 Å². The minimum atomic E-state index is 0.541. The van der Waals surface area contributed by atoms with Crippen LogP contribution in [-0.2, 0) is 13.6 Å². The summed E-state index contributed by atoms with van der Waals surface area (Å²) in [5, 5.41) is 11.7. The molecule has 7 nitrogen and oxygen atoms in total. The Morgan fingerprint density at radius 2 is 1.89 bits per heavy atom. The van der Waals surface area contributed by atoms with E-state index in [0.29, 0.717) is 6.54 Å². The highest BCUT2D eigenvalue weighted by Crippen LogP contribution is 2.06. The molecule has 0 unspecified atom stereocenters. The predicted molar refractivity (Wildman–Crippen MR) is 114 cm³/mol. The minimum Gasteiger partial charge on any atom is -0.357 e. The third-order valence-corrected chi connectivity index (χ3v) is 5.03. The molecule has 1 aliphatic heterocycles. The summed E-state index contributed by atoms with van der Waals surface area (Å²) in [4.78, 5) is 9.60. The van der Waals surface area contributed by atoms with Crippen molar-refractivity contribution in [3.63, 3.8) is 0 Å². The van der Waals surface area contributed by atoms with Gasteiger partial charge < -0.3 is 14.8 Å². The quantitative estimate of drug-likeness (QED) is 0.612. The van der Waals surface area contributed by atoms with Gasteiger partial charge in [-0.25, -0.2) is 4.99 Å². The van der Waals surface area contributed by atoms with Gasteiger partial charge in [0.2, 0.25) is 0 Å². The lowest BCUT2D eigenvalue weighted by Crippen LogP contribution is -2.52. The third-order valence-electron chi connectivity index (χ3n) is 5.03. The summed E-state index contributed by atoms with van der Waals surface area (Å²) in [5.74, 6) is 2.76. The number of hydrogen-bond acceptors (Lipinski definition) is 4. The molecule has 0 atom stereocenters. The summed E-state index contributed by atoms with van der Waals surface area (Å²) in [6.07, 6.45) is 4.45. The van der Waals surface area contributed by atoms with Gasteiger partial charge in [0.25, 0.3) is 0 Å². The Morgan fingerprint density at radius 1 is 1.14 bits per heavy atom. The minimum absolute atomic E-state index is 0.541. The molecule has 1 fully saturated rings. The van der Waals surface area contributed by atoms with Crippen LogP contribution in [0.3, 0.4) is 0 Å². The first-order valence-electron chi connectivity index (χ1n) is 9.99. The fraction of sp³-hybridized carbons (Fsp3) is 0.476. The summed E-state index contributed by atoms with van der Waals surface area (Å²) < 4.78 is 1.99. The molecule has 28 heavy (non-hydrogen) atoms. The van der Waals surface area contributed by atoms with Crippen molar-refractivity contribution in [1.29, 1.82) is 0 Å². The maximum atomic E-state index is 4.78. The van der Waals surface area contributed by atoms with Crippen LogP contribution in [-0.4, -0.2) is 69.8 Å². The lowest BCUT2D eigenvalue weighted by molar-refractivity contribution is 0.194. The smallest absolute Gasteiger partial charge is 0.194 e. The number of hydrogen-bond donors (Lipinski definition) is 1. The van der Waals surface area contributed by atoms with E-state index in [2.05, 4.69) is 68.7 Å². The van der Waals surface area contributed by atoms with Crippen LogP contribution in [0, 0.1) is 6.92 Å². The normalized spacial score (nSPS) is 16.1. The Morgan fingerprint density at radius 3 is 2.54 bits per heavy atom. The second kappa shape index (κ2) is 10.0. The molecule has 1 aromatic carbocycles. The van der Waals surface area contributed by atoms with Crippen molar-refractivity contribution < 1.29 is 0 Å². The van der Waals surface area contributed by atoms with E-state index in [-0.39, 0.29) is 0 Å². The van der Waals surface area contributed by atoms with Crippen LogP contribution in [0.15, 0.2) is 41.4 Å². The molecule has 3 rings (SSSR count). The Hall–Kier alpha value is -2.67. The van der Waals surface area contributed by atoms with Crippen LogP contribution >= 0.6 is 0 Å². The standard InChI is InChI=1S/C21H31N7/c1-4-22-21(23-17-20-25-24-18(2)26(20)3)28-15-13-27(14-16-28)12-8-11-19-9-6-5-7-10-19/h5-11H,4,12-17H2,1-3H3,(H,22,23)/b11-8+. The zero-order valence-electron chi connectivity index (χ0n) is 17.2. The van der Waals surface area contributed by atoms with Gasteiger partial charge in [-0.2, -0.15) is 0 Å². The number of piperazine rings is 1. The maximum Gasteiger partial charge on any atom is 0.194 e. The molecule has 150 valence electrons. The molecule has 0 bridgehead atoms. The van der Waals surface area contributed by atoms with E-state index in [9.17, 15) is 0 Å². The Bertz CT molecular complexity index is 786. The third kappa shape index (κ3) is 5.42. The number of aromatic nitrogens is 3. The van der Waals surface area contributed by atoms with E-state index in [1.807, 2.05) is 24.6 Å². The van der Waals surface area contributed by atoms with Crippen LogP contribution in [0.5, 0.6) is 0 Å². The van der Waals surface area contributed by atoms with Crippen LogP contribution < -0.4 is 5.32 Å². The van der Waals surface area contributed by atoms with E-state index in [4.69, 9.17) is 4.99 Å². The lowest BCUT2D eigenvalue weighted by atomic mass is 10.2. The summed E-state index contributed by atoms with van der Waals surface area (Å²) in [6.45, 7) is 10.5. The molecular formula is C21H31N7. The molecule has 0 spiro atoms.